The molecule has 164 valence electrons. The minimum atomic E-state index is 0. The van der Waals surface area contributed by atoms with E-state index < -0.39 is 0 Å². The second kappa shape index (κ2) is 14.3. The molecule has 1 aliphatic carbocycles. The van der Waals surface area contributed by atoms with Crippen molar-refractivity contribution in [1.82, 2.24) is 16.0 Å². The summed E-state index contributed by atoms with van der Waals surface area (Å²) in [7, 11) is 3.27. The molecule has 0 aliphatic heterocycles. The van der Waals surface area contributed by atoms with Crippen LogP contribution in [0.25, 0.3) is 0 Å². The van der Waals surface area contributed by atoms with E-state index in [4.69, 9.17) is 9.47 Å². The number of carbonyl (C=O) groups excluding carboxylic acids is 1. The van der Waals surface area contributed by atoms with Gasteiger partial charge in [-0.3, -0.25) is 4.79 Å². The van der Waals surface area contributed by atoms with E-state index in [1.807, 2.05) is 25.1 Å². The average molecular weight is 518 g/mol. The molecule has 0 atom stereocenters. The van der Waals surface area contributed by atoms with E-state index >= 15 is 0 Å². The first-order chi connectivity index (χ1) is 13.7. The number of methoxy groups -OCH3 is 2. The number of benzene rings is 1. The Hall–Kier alpha value is -1.71. The van der Waals surface area contributed by atoms with Crippen molar-refractivity contribution in [1.29, 1.82) is 0 Å². The molecule has 1 fully saturated rings. The van der Waals surface area contributed by atoms with Crippen LogP contribution in [-0.2, 0) is 11.3 Å². The molecule has 1 saturated carbocycles. The van der Waals surface area contributed by atoms with Gasteiger partial charge in [-0.1, -0.05) is 19.3 Å². The van der Waals surface area contributed by atoms with Crippen LogP contribution in [0.4, 0.5) is 0 Å². The van der Waals surface area contributed by atoms with Gasteiger partial charge in [-0.25, -0.2) is 4.99 Å². The summed E-state index contributed by atoms with van der Waals surface area (Å²) in [5.41, 5.74) is 0.978. The Balaban J connectivity index is 0.00000420. The fourth-order valence-corrected chi connectivity index (χ4v) is 3.36. The molecule has 0 aromatic heterocycles. The van der Waals surface area contributed by atoms with Gasteiger partial charge >= 0.3 is 0 Å². The van der Waals surface area contributed by atoms with Crippen LogP contribution in [0, 0.1) is 5.92 Å². The van der Waals surface area contributed by atoms with Crippen LogP contribution in [0.3, 0.4) is 0 Å². The third kappa shape index (κ3) is 8.67. The summed E-state index contributed by atoms with van der Waals surface area (Å²) in [6.07, 6.45) is 5.64. The van der Waals surface area contributed by atoms with Gasteiger partial charge < -0.3 is 25.4 Å². The number of aliphatic imine (C=N–C) groups is 1. The minimum absolute atomic E-state index is 0. The van der Waals surface area contributed by atoms with Gasteiger partial charge in [-0.15, -0.1) is 24.0 Å². The van der Waals surface area contributed by atoms with Gasteiger partial charge in [-0.2, -0.15) is 0 Å². The summed E-state index contributed by atoms with van der Waals surface area (Å²) in [6.45, 7) is 4.49. The zero-order chi connectivity index (χ0) is 20.2. The maximum Gasteiger partial charge on any atom is 0.223 e. The van der Waals surface area contributed by atoms with E-state index in [0.717, 1.165) is 36.4 Å². The summed E-state index contributed by atoms with van der Waals surface area (Å²) in [4.78, 5) is 16.8. The predicted molar refractivity (Wildman–Crippen MR) is 127 cm³/mol. The molecule has 0 spiro atoms. The Kier molecular flexibility index (Phi) is 12.5. The van der Waals surface area contributed by atoms with Gasteiger partial charge in [0.1, 0.15) is 11.5 Å². The van der Waals surface area contributed by atoms with Crippen molar-refractivity contribution in [2.24, 2.45) is 10.9 Å². The minimum Gasteiger partial charge on any atom is -0.497 e. The first-order valence-corrected chi connectivity index (χ1v) is 10.2. The number of rotatable bonds is 9. The van der Waals surface area contributed by atoms with Gasteiger partial charge in [0.05, 0.1) is 20.8 Å². The monoisotopic (exact) mass is 518 g/mol. The summed E-state index contributed by atoms with van der Waals surface area (Å²) in [5.74, 6) is 2.60. The SMILES string of the molecule is CCNC(=NCc1ccc(OC)cc1OC)NCCNC(=O)C1CCCCC1.I. The number of hydrogen-bond donors (Lipinski definition) is 3. The Bertz CT molecular complexity index is 649. The van der Waals surface area contributed by atoms with E-state index in [2.05, 4.69) is 20.9 Å². The lowest BCUT2D eigenvalue weighted by Gasteiger charge is -2.21. The van der Waals surface area contributed by atoms with E-state index in [9.17, 15) is 4.79 Å². The normalized spacial score (nSPS) is 14.5. The van der Waals surface area contributed by atoms with Crippen LogP contribution in [0.2, 0.25) is 0 Å². The molecular formula is C21H35IN4O3. The largest absolute Gasteiger partial charge is 0.497 e. The molecule has 1 aromatic carbocycles. The Labute approximate surface area is 191 Å². The Morgan fingerprint density at radius 1 is 1.07 bits per heavy atom. The maximum absolute atomic E-state index is 12.2. The van der Waals surface area contributed by atoms with Crippen LogP contribution in [0.15, 0.2) is 23.2 Å². The van der Waals surface area contributed by atoms with Gasteiger partial charge in [-0.05, 0) is 31.9 Å². The van der Waals surface area contributed by atoms with Crippen molar-refractivity contribution < 1.29 is 14.3 Å². The maximum atomic E-state index is 12.2. The van der Waals surface area contributed by atoms with Crippen molar-refractivity contribution in [2.75, 3.05) is 33.9 Å². The lowest BCUT2D eigenvalue weighted by Crippen LogP contribution is -2.42. The highest BCUT2D eigenvalue weighted by Gasteiger charge is 2.20. The second-order valence-corrected chi connectivity index (χ2v) is 6.93. The van der Waals surface area contributed by atoms with Crippen LogP contribution < -0.4 is 25.4 Å². The fourth-order valence-electron chi connectivity index (χ4n) is 3.36. The number of carbonyl (C=O) groups is 1. The lowest BCUT2D eigenvalue weighted by molar-refractivity contribution is -0.125. The molecule has 7 nitrogen and oxygen atoms in total. The van der Waals surface area contributed by atoms with Crippen LogP contribution in [-0.4, -0.2) is 45.7 Å². The lowest BCUT2D eigenvalue weighted by atomic mass is 9.89. The van der Waals surface area contributed by atoms with E-state index in [1.165, 1.54) is 19.3 Å². The number of halogens is 1. The van der Waals surface area contributed by atoms with Crippen molar-refractivity contribution in [3.63, 3.8) is 0 Å². The van der Waals surface area contributed by atoms with Gasteiger partial charge in [0.25, 0.3) is 0 Å². The quantitative estimate of drug-likeness (QED) is 0.203. The molecule has 29 heavy (non-hydrogen) atoms. The highest BCUT2D eigenvalue weighted by Crippen LogP contribution is 2.25. The van der Waals surface area contributed by atoms with Gasteiger partial charge in [0.2, 0.25) is 5.91 Å². The molecule has 0 bridgehead atoms. The Morgan fingerprint density at radius 2 is 1.79 bits per heavy atom. The number of hydrogen-bond acceptors (Lipinski definition) is 4. The second-order valence-electron chi connectivity index (χ2n) is 6.93. The van der Waals surface area contributed by atoms with E-state index in [0.29, 0.717) is 25.6 Å². The highest BCUT2D eigenvalue weighted by molar-refractivity contribution is 14.0. The molecule has 0 unspecified atom stereocenters. The van der Waals surface area contributed by atoms with Crippen molar-refractivity contribution in [2.45, 2.75) is 45.6 Å². The molecule has 1 aromatic rings. The van der Waals surface area contributed by atoms with Crippen molar-refractivity contribution in [3.8, 4) is 11.5 Å². The summed E-state index contributed by atoms with van der Waals surface area (Å²) in [6, 6.07) is 5.70. The third-order valence-corrected chi connectivity index (χ3v) is 4.94. The fraction of sp³-hybridized carbons (Fsp3) is 0.619. The van der Waals surface area contributed by atoms with Crippen LogP contribution in [0.5, 0.6) is 11.5 Å². The summed E-state index contributed by atoms with van der Waals surface area (Å²) >= 11 is 0. The molecule has 0 saturated heterocycles. The molecule has 3 N–H and O–H groups in total. The molecular weight excluding hydrogens is 483 g/mol. The third-order valence-electron chi connectivity index (χ3n) is 4.94. The van der Waals surface area contributed by atoms with Crippen LogP contribution >= 0.6 is 24.0 Å². The van der Waals surface area contributed by atoms with E-state index in [1.54, 1.807) is 14.2 Å². The standard InChI is InChI=1S/C21H34N4O3.HI/c1-4-22-21(24-13-12-23-20(26)16-8-6-5-7-9-16)25-15-17-10-11-18(27-2)14-19(17)28-3;/h10-11,14,16H,4-9,12-13,15H2,1-3H3,(H,23,26)(H2,22,24,25);1H. The number of amides is 1. The van der Waals surface area contributed by atoms with Gasteiger partial charge in [0.15, 0.2) is 5.96 Å². The molecule has 8 heteroatoms. The number of ether oxygens (including phenoxy) is 2. The summed E-state index contributed by atoms with van der Waals surface area (Å²) < 4.78 is 10.7. The highest BCUT2D eigenvalue weighted by atomic mass is 127. The van der Waals surface area contributed by atoms with Gasteiger partial charge in [0, 0.05) is 37.2 Å². The average Bonchev–Trinajstić information content (AvgIpc) is 2.75. The number of nitrogens with one attached hydrogen (secondary N) is 3. The smallest absolute Gasteiger partial charge is 0.223 e. The molecule has 0 heterocycles. The van der Waals surface area contributed by atoms with Crippen molar-refractivity contribution in [3.05, 3.63) is 23.8 Å². The molecule has 1 amide bonds. The van der Waals surface area contributed by atoms with Crippen molar-refractivity contribution >= 4 is 35.8 Å². The zero-order valence-electron chi connectivity index (χ0n) is 17.8. The first-order valence-electron chi connectivity index (χ1n) is 10.2. The van der Waals surface area contributed by atoms with E-state index in [-0.39, 0.29) is 35.8 Å². The van der Waals surface area contributed by atoms with Crippen LogP contribution in [0.1, 0.15) is 44.6 Å². The Morgan fingerprint density at radius 3 is 2.45 bits per heavy atom. The molecule has 2 rings (SSSR count). The summed E-state index contributed by atoms with van der Waals surface area (Å²) in [5, 5.41) is 9.53. The predicted octanol–water partition coefficient (Wildman–Crippen LogP) is 3.07. The molecule has 1 aliphatic rings. The number of nitrogens with zero attached hydrogens (tertiary/aromatic N) is 1. The number of guanidine groups is 1. The molecule has 0 radical (unpaired) electrons. The first kappa shape index (κ1) is 25.3. The zero-order valence-corrected chi connectivity index (χ0v) is 20.1. The topological polar surface area (TPSA) is 84.0 Å².